The summed E-state index contributed by atoms with van der Waals surface area (Å²) in [5, 5.41) is 1.08. The van der Waals surface area contributed by atoms with Gasteiger partial charge in [0, 0.05) is 34.9 Å². The van der Waals surface area contributed by atoms with Gasteiger partial charge in [0.1, 0.15) is 0 Å². The molecule has 0 fully saturated rings. The van der Waals surface area contributed by atoms with Gasteiger partial charge in [0.05, 0.1) is 15.2 Å². The maximum Gasteiger partial charge on any atom is 0.157 e. The third-order valence-corrected chi connectivity index (χ3v) is 5.87. The summed E-state index contributed by atoms with van der Waals surface area (Å²) in [6, 6.07) is 8.22. The Morgan fingerprint density at radius 1 is 1.25 bits per heavy atom. The molecule has 0 aliphatic heterocycles. The Hall–Kier alpha value is -0.753. The van der Waals surface area contributed by atoms with Crippen molar-refractivity contribution in [2.24, 2.45) is 0 Å². The number of thiazole rings is 1. The second-order valence-electron chi connectivity index (χ2n) is 4.76. The van der Waals surface area contributed by atoms with E-state index in [1.165, 1.54) is 4.70 Å². The Bertz CT molecular complexity index is 506. The van der Waals surface area contributed by atoms with Gasteiger partial charge in [-0.3, -0.25) is 0 Å². The van der Waals surface area contributed by atoms with Gasteiger partial charge in [-0.15, -0.1) is 11.3 Å². The van der Waals surface area contributed by atoms with E-state index < -0.39 is 0 Å². The van der Waals surface area contributed by atoms with Crippen LogP contribution in [0.25, 0.3) is 10.2 Å². The van der Waals surface area contributed by atoms with Gasteiger partial charge in [0.15, 0.2) is 6.29 Å². The third-order valence-electron chi connectivity index (χ3n) is 3.35. The van der Waals surface area contributed by atoms with E-state index in [9.17, 15) is 0 Å². The number of aromatic nitrogens is 1. The predicted molar refractivity (Wildman–Crippen MR) is 88.4 cm³/mol. The van der Waals surface area contributed by atoms with Gasteiger partial charge in [0.2, 0.25) is 0 Å². The van der Waals surface area contributed by atoms with Gasteiger partial charge in [-0.05, 0) is 32.9 Å². The van der Waals surface area contributed by atoms with Crippen LogP contribution in [-0.4, -0.2) is 34.7 Å². The summed E-state index contributed by atoms with van der Waals surface area (Å²) in [4.78, 5) is 4.70. The fraction of sp³-hybridized carbons (Fsp3) is 0.467. The molecule has 3 nitrogen and oxygen atoms in total. The largest absolute Gasteiger partial charge is 0.353 e. The van der Waals surface area contributed by atoms with E-state index in [4.69, 9.17) is 14.5 Å². The van der Waals surface area contributed by atoms with E-state index in [1.807, 2.05) is 32.0 Å². The van der Waals surface area contributed by atoms with Crippen molar-refractivity contribution in [3.63, 3.8) is 0 Å². The van der Waals surface area contributed by atoms with Crippen LogP contribution in [0.1, 0.15) is 24.8 Å². The number of benzene rings is 1. The van der Waals surface area contributed by atoms with Crippen LogP contribution in [-0.2, 0) is 9.47 Å². The molecule has 5 heteroatoms. The fourth-order valence-electron chi connectivity index (χ4n) is 2.14. The molecular weight excluding hydrogens is 286 g/mol. The molecular formula is C15H22NO2SSi. The van der Waals surface area contributed by atoms with Crippen LogP contribution in [0.15, 0.2) is 24.3 Å². The van der Waals surface area contributed by atoms with Gasteiger partial charge < -0.3 is 9.47 Å². The average molecular weight is 308 g/mol. The van der Waals surface area contributed by atoms with Gasteiger partial charge in [-0.2, -0.15) is 0 Å². The lowest BCUT2D eigenvalue weighted by Gasteiger charge is -2.27. The topological polar surface area (TPSA) is 31.4 Å². The molecule has 0 aliphatic rings. The Morgan fingerprint density at radius 2 is 1.90 bits per heavy atom. The number of nitrogens with zero attached hydrogens (tertiary/aromatic N) is 1. The number of fused-ring (bicyclic) bond motifs is 1. The Morgan fingerprint density at radius 3 is 2.50 bits per heavy atom. The van der Waals surface area contributed by atoms with Crippen molar-refractivity contribution >= 4 is 31.8 Å². The van der Waals surface area contributed by atoms with Crippen LogP contribution >= 0.6 is 11.3 Å². The standard InChI is InChI=1S/C15H22NO2SSi/c1-4-17-15(18-5-2)13(20)10(3)14-16-11-8-6-7-9-12(11)19-14/h6-10,13,15H,3-5H2,1-2,20H3. The summed E-state index contributed by atoms with van der Waals surface area (Å²) in [5.74, 6) is 0.127. The molecule has 2 unspecified atom stereocenters. The molecule has 0 N–H and O–H groups in total. The maximum atomic E-state index is 5.71. The molecule has 2 atom stereocenters. The van der Waals surface area contributed by atoms with Crippen molar-refractivity contribution in [3.05, 3.63) is 36.2 Å². The molecule has 2 aromatic rings. The summed E-state index contributed by atoms with van der Waals surface area (Å²) >= 11 is 1.72. The number of para-hydroxylation sites is 1. The van der Waals surface area contributed by atoms with E-state index >= 15 is 0 Å². The Kier molecular flexibility index (Phi) is 5.71. The van der Waals surface area contributed by atoms with Gasteiger partial charge in [-0.25, -0.2) is 4.98 Å². The second-order valence-corrected chi connectivity index (χ2v) is 7.16. The van der Waals surface area contributed by atoms with Crippen LogP contribution < -0.4 is 0 Å². The normalized spacial score (nSPS) is 15.0. The zero-order valence-electron chi connectivity index (χ0n) is 12.3. The molecule has 109 valence electrons. The fourth-order valence-corrected chi connectivity index (χ4v) is 4.19. The number of ether oxygens (including phenoxy) is 2. The summed E-state index contributed by atoms with van der Waals surface area (Å²) in [6.07, 6.45) is -0.161. The molecule has 0 amide bonds. The van der Waals surface area contributed by atoms with E-state index in [0.717, 1.165) is 20.8 Å². The lowest BCUT2D eigenvalue weighted by molar-refractivity contribution is -0.139. The Labute approximate surface area is 127 Å². The smallest absolute Gasteiger partial charge is 0.157 e. The molecule has 0 aliphatic carbocycles. The maximum absolute atomic E-state index is 5.71. The highest BCUT2D eigenvalue weighted by Crippen LogP contribution is 2.35. The van der Waals surface area contributed by atoms with E-state index in [0.29, 0.717) is 18.8 Å². The minimum atomic E-state index is -0.161. The first-order valence-electron chi connectivity index (χ1n) is 7.09. The van der Waals surface area contributed by atoms with Crippen molar-refractivity contribution in [2.75, 3.05) is 13.2 Å². The first-order valence-corrected chi connectivity index (χ1v) is 9.06. The van der Waals surface area contributed by atoms with Crippen molar-refractivity contribution in [1.82, 2.24) is 4.98 Å². The van der Waals surface area contributed by atoms with Crippen LogP contribution in [0.3, 0.4) is 0 Å². The summed E-state index contributed by atoms with van der Waals surface area (Å²) in [5.41, 5.74) is 1.36. The molecule has 1 aromatic heterocycles. The quantitative estimate of drug-likeness (QED) is 0.582. The molecule has 0 saturated carbocycles. The van der Waals surface area contributed by atoms with Crippen molar-refractivity contribution in [3.8, 4) is 0 Å². The van der Waals surface area contributed by atoms with Crippen molar-refractivity contribution in [1.29, 1.82) is 0 Å². The summed E-state index contributed by atoms with van der Waals surface area (Å²) in [6.45, 7) is 9.63. The minimum Gasteiger partial charge on any atom is -0.353 e. The monoisotopic (exact) mass is 308 g/mol. The highest BCUT2D eigenvalue weighted by molar-refractivity contribution is 7.18. The van der Waals surface area contributed by atoms with Gasteiger partial charge >= 0.3 is 0 Å². The Balaban J connectivity index is 2.17. The number of rotatable bonds is 7. The zero-order chi connectivity index (χ0) is 14.5. The van der Waals surface area contributed by atoms with Crippen LogP contribution in [0.5, 0.6) is 0 Å². The van der Waals surface area contributed by atoms with E-state index in [1.54, 1.807) is 11.3 Å². The van der Waals surface area contributed by atoms with Gasteiger partial charge in [-0.1, -0.05) is 12.1 Å². The lowest BCUT2D eigenvalue weighted by Crippen LogP contribution is -2.27. The molecule has 20 heavy (non-hydrogen) atoms. The van der Waals surface area contributed by atoms with Crippen LogP contribution in [0, 0.1) is 6.92 Å². The van der Waals surface area contributed by atoms with Gasteiger partial charge in [0.25, 0.3) is 0 Å². The first kappa shape index (κ1) is 15.6. The van der Waals surface area contributed by atoms with Crippen molar-refractivity contribution in [2.45, 2.75) is 31.6 Å². The summed E-state index contributed by atoms with van der Waals surface area (Å²) < 4.78 is 12.6. The molecule has 1 aromatic carbocycles. The molecule has 0 bridgehead atoms. The zero-order valence-corrected chi connectivity index (χ0v) is 15.2. The molecule has 1 radical (unpaired) electrons. The molecule has 0 spiro atoms. The second kappa shape index (κ2) is 7.31. The van der Waals surface area contributed by atoms with E-state index in [-0.39, 0.29) is 12.2 Å². The van der Waals surface area contributed by atoms with Crippen LogP contribution in [0.4, 0.5) is 0 Å². The average Bonchev–Trinajstić information content (AvgIpc) is 2.89. The third kappa shape index (κ3) is 3.47. The molecule has 0 saturated heterocycles. The lowest BCUT2D eigenvalue weighted by atomic mass is 10.1. The molecule has 2 rings (SSSR count). The SMILES string of the molecule is [CH2]C(c1nc2ccccc2s1)C([SiH3])C(OCC)OCC. The first-order chi connectivity index (χ1) is 9.67. The highest BCUT2D eigenvalue weighted by atomic mass is 32.1. The van der Waals surface area contributed by atoms with E-state index in [2.05, 4.69) is 13.0 Å². The number of hydrogen-bond donors (Lipinski definition) is 0. The minimum absolute atomic E-state index is 0.127. The predicted octanol–water partition coefficient (Wildman–Crippen LogP) is 2.77. The van der Waals surface area contributed by atoms with Crippen LogP contribution in [0.2, 0.25) is 5.54 Å². The molecule has 1 heterocycles. The summed E-state index contributed by atoms with van der Waals surface area (Å²) in [7, 11) is 0.963. The number of hydrogen-bond acceptors (Lipinski definition) is 4. The highest BCUT2D eigenvalue weighted by Gasteiger charge is 2.27. The van der Waals surface area contributed by atoms with Crippen molar-refractivity contribution < 1.29 is 9.47 Å².